The van der Waals surface area contributed by atoms with Crippen LogP contribution in [0.25, 0.3) is 22.4 Å². The highest BCUT2D eigenvalue weighted by Gasteiger charge is 2.31. The Morgan fingerprint density at radius 2 is 1.53 bits per heavy atom. The Kier molecular flexibility index (Phi) is 10.5. The lowest BCUT2D eigenvalue weighted by Gasteiger charge is -2.20. The van der Waals surface area contributed by atoms with E-state index in [9.17, 15) is 29.3 Å². The molecular formula is C34H37FN2O6. The number of nitrogens with one attached hydrogen (secondary N) is 1. The van der Waals surface area contributed by atoms with Crippen LogP contribution < -0.4 is 5.32 Å². The molecule has 0 aliphatic rings. The molecule has 0 aliphatic carbocycles. The second kappa shape index (κ2) is 14.2. The van der Waals surface area contributed by atoms with E-state index in [4.69, 9.17) is 5.11 Å². The summed E-state index contributed by atoms with van der Waals surface area (Å²) in [4.78, 5) is 25.1. The Morgan fingerprint density at radius 3 is 2.12 bits per heavy atom. The highest BCUT2D eigenvalue weighted by molar-refractivity contribution is 6.12. The van der Waals surface area contributed by atoms with E-state index >= 15 is 0 Å². The number of rotatable bonds is 13. The molecule has 3 aromatic carbocycles. The topological polar surface area (TPSA) is 132 Å². The van der Waals surface area contributed by atoms with Gasteiger partial charge >= 0.3 is 5.97 Å². The zero-order chi connectivity index (χ0) is 31.1. The average Bonchev–Trinajstić information content (AvgIpc) is 3.32. The maximum atomic E-state index is 14.2. The number of aliphatic carboxylic acids is 1. The van der Waals surface area contributed by atoms with Crippen LogP contribution in [-0.2, 0) is 17.9 Å². The molecule has 0 spiro atoms. The monoisotopic (exact) mass is 588 g/mol. The van der Waals surface area contributed by atoms with Crippen molar-refractivity contribution in [1.29, 1.82) is 0 Å². The van der Waals surface area contributed by atoms with Crippen LogP contribution in [0.4, 0.5) is 10.1 Å². The van der Waals surface area contributed by atoms with E-state index in [-0.39, 0.29) is 37.8 Å². The highest BCUT2D eigenvalue weighted by Crippen LogP contribution is 2.42. The molecule has 0 bridgehead atoms. The summed E-state index contributed by atoms with van der Waals surface area (Å²) in [5.74, 6) is -2.05. The fourth-order valence-electron chi connectivity index (χ4n) is 5.38. The highest BCUT2D eigenvalue weighted by atomic mass is 19.1. The number of aliphatic hydroxyl groups excluding tert-OH is 3. The first kappa shape index (κ1) is 31.6. The number of aliphatic hydroxyl groups is 3. The minimum absolute atomic E-state index is 0.112. The van der Waals surface area contributed by atoms with Crippen LogP contribution in [0.5, 0.6) is 0 Å². The molecular weight excluding hydrogens is 551 g/mol. The number of carboxylic acids is 1. The number of carboxylic acid groups (broad SMARTS) is 1. The van der Waals surface area contributed by atoms with E-state index in [1.54, 1.807) is 36.4 Å². The Hall–Kier alpha value is -4.31. The molecule has 43 heavy (non-hydrogen) atoms. The third-order valence-electron chi connectivity index (χ3n) is 7.29. The van der Waals surface area contributed by atoms with Crippen molar-refractivity contribution in [2.45, 2.75) is 64.4 Å². The van der Waals surface area contributed by atoms with Crippen molar-refractivity contribution in [2.75, 3.05) is 5.32 Å². The van der Waals surface area contributed by atoms with Gasteiger partial charge in [-0.2, -0.15) is 0 Å². The number of halogens is 1. The van der Waals surface area contributed by atoms with Gasteiger partial charge in [0.1, 0.15) is 5.82 Å². The number of hydrogen-bond donors (Lipinski definition) is 5. The quantitative estimate of drug-likeness (QED) is 0.134. The molecule has 2 unspecified atom stereocenters. The lowest BCUT2D eigenvalue weighted by Crippen LogP contribution is -2.22. The van der Waals surface area contributed by atoms with E-state index in [0.717, 1.165) is 5.56 Å². The number of carbonyl (C=O) groups is 2. The van der Waals surface area contributed by atoms with Crippen LogP contribution in [0.2, 0.25) is 0 Å². The zero-order valence-electron chi connectivity index (χ0n) is 24.2. The van der Waals surface area contributed by atoms with Crippen molar-refractivity contribution < 1.29 is 34.4 Å². The van der Waals surface area contributed by atoms with Gasteiger partial charge in [-0.25, -0.2) is 4.39 Å². The molecule has 0 radical (unpaired) electrons. The first-order valence-electron chi connectivity index (χ1n) is 14.3. The standard InChI is InChI=1S/C34H37FN2O6/c1-21(2)32-31(34(43)36-26-14-8-22(20-38)9-15-26)30(23-6-4-3-5-7-23)33(24-10-12-25(35)13-11-24)37(32)17-16-27(39)18-28(40)19-29(41)42/h3-15,21,27-28,38-40H,16-20H2,1-2H3,(H,36,43)(H,41,42). The molecule has 4 aromatic rings. The molecule has 0 aliphatic heterocycles. The van der Waals surface area contributed by atoms with Crippen LogP contribution in [-0.4, -0.2) is 49.1 Å². The summed E-state index contributed by atoms with van der Waals surface area (Å²) in [7, 11) is 0. The number of anilines is 1. The molecule has 0 fully saturated rings. The maximum Gasteiger partial charge on any atom is 0.305 e. The van der Waals surface area contributed by atoms with Crippen molar-refractivity contribution in [3.8, 4) is 22.4 Å². The Labute approximate surface area is 250 Å². The second-order valence-corrected chi connectivity index (χ2v) is 10.9. The van der Waals surface area contributed by atoms with Gasteiger partial charge in [0, 0.05) is 23.5 Å². The van der Waals surface area contributed by atoms with Crippen molar-refractivity contribution >= 4 is 17.6 Å². The molecule has 8 nitrogen and oxygen atoms in total. The lowest BCUT2D eigenvalue weighted by molar-refractivity contribution is -0.139. The van der Waals surface area contributed by atoms with Crippen LogP contribution >= 0.6 is 0 Å². The van der Waals surface area contributed by atoms with Crippen LogP contribution in [0.1, 0.15) is 60.6 Å². The molecule has 0 saturated heterocycles. The Bertz CT molecular complexity index is 1530. The van der Waals surface area contributed by atoms with Crippen LogP contribution in [0.3, 0.4) is 0 Å². The van der Waals surface area contributed by atoms with Crippen LogP contribution in [0.15, 0.2) is 78.9 Å². The summed E-state index contributed by atoms with van der Waals surface area (Å²) in [6.45, 7) is 4.07. The van der Waals surface area contributed by atoms with E-state index < -0.39 is 30.4 Å². The second-order valence-electron chi connectivity index (χ2n) is 10.9. The summed E-state index contributed by atoms with van der Waals surface area (Å²) in [6, 6.07) is 22.3. The van der Waals surface area contributed by atoms with Gasteiger partial charge in [0.25, 0.3) is 5.91 Å². The zero-order valence-corrected chi connectivity index (χ0v) is 24.2. The Morgan fingerprint density at radius 1 is 0.884 bits per heavy atom. The third-order valence-corrected chi connectivity index (χ3v) is 7.29. The molecule has 1 aromatic heterocycles. The number of hydrogen-bond acceptors (Lipinski definition) is 5. The van der Waals surface area contributed by atoms with E-state index in [2.05, 4.69) is 5.32 Å². The van der Waals surface area contributed by atoms with Gasteiger partial charge in [0.15, 0.2) is 0 Å². The molecule has 9 heteroatoms. The van der Waals surface area contributed by atoms with Crippen molar-refractivity contribution in [3.63, 3.8) is 0 Å². The normalized spacial score (nSPS) is 12.7. The van der Waals surface area contributed by atoms with Gasteiger partial charge in [-0.3, -0.25) is 9.59 Å². The summed E-state index contributed by atoms with van der Waals surface area (Å²) in [5, 5.41) is 42.2. The minimum atomic E-state index is -1.20. The first-order valence-corrected chi connectivity index (χ1v) is 14.3. The molecule has 1 amide bonds. The van der Waals surface area contributed by atoms with Crippen molar-refractivity contribution in [3.05, 3.63) is 102 Å². The van der Waals surface area contributed by atoms with Crippen molar-refractivity contribution in [2.24, 2.45) is 0 Å². The number of amides is 1. The summed E-state index contributed by atoms with van der Waals surface area (Å²) in [6.07, 6.45) is -2.60. The molecule has 1 heterocycles. The molecule has 4 rings (SSSR count). The SMILES string of the molecule is CC(C)c1c(C(=O)Nc2ccc(CO)cc2)c(-c2ccccc2)c(-c2ccc(F)cc2)n1CCC(O)CC(O)CC(=O)O. The van der Waals surface area contributed by atoms with Gasteiger partial charge in [-0.05, 0) is 71.8 Å². The van der Waals surface area contributed by atoms with Gasteiger partial charge in [0.2, 0.25) is 0 Å². The fraction of sp³-hybridized carbons (Fsp3) is 0.294. The first-order chi connectivity index (χ1) is 20.6. The number of aromatic nitrogens is 1. The van der Waals surface area contributed by atoms with Gasteiger partial charge in [-0.15, -0.1) is 0 Å². The predicted octanol–water partition coefficient (Wildman–Crippen LogP) is 5.81. The maximum absolute atomic E-state index is 14.2. The summed E-state index contributed by atoms with van der Waals surface area (Å²) >= 11 is 0. The molecule has 0 saturated carbocycles. The fourth-order valence-corrected chi connectivity index (χ4v) is 5.38. The molecule has 2 atom stereocenters. The predicted molar refractivity (Wildman–Crippen MR) is 163 cm³/mol. The number of carbonyl (C=O) groups excluding carboxylic acids is 1. The van der Waals surface area contributed by atoms with Crippen molar-refractivity contribution in [1.82, 2.24) is 4.57 Å². The number of nitrogens with zero attached hydrogens (tertiary/aromatic N) is 1. The lowest BCUT2D eigenvalue weighted by atomic mass is 9.94. The van der Waals surface area contributed by atoms with Gasteiger partial charge in [0.05, 0.1) is 36.5 Å². The van der Waals surface area contributed by atoms with E-state index in [0.29, 0.717) is 39.3 Å². The van der Waals surface area contributed by atoms with E-state index in [1.807, 2.05) is 48.7 Å². The van der Waals surface area contributed by atoms with Gasteiger partial charge in [-0.1, -0.05) is 56.3 Å². The summed E-state index contributed by atoms with van der Waals surface area (Å²) in [5.41, 5.74) is 5.19. The Balaban J connectivity index is 1.88. The molecule has 5 N–H and O–H groups in total. The number of benzene rings is 3. The smallest absolute Gasteiger partial charge is 0.305 e. The van der Waals surface area contributed by atoms with Crippen LogP contribution in [0, 0.1) is 5.82 Å². The van der Waals surface area contributed by atoms with E-state index in [1.165, 1.54) is 12.1 Å². The third kappa shape index (κ3) is 7.75. The minimum Gasteiger partial charge on any atom is -0.481 e. The molecule has 226 valence electrons. The van der Waals surface area contributed by atoms with Gasteiger partial charge < -0.3 is 30.3 Å². The summed E-state index contributed by atoms with van der Waals surface area (Å²) < 4.78 is 16.0. The largest absolute Gasteiger partial charge is 0.481 e. The average molecular weight is 589 g/mol.